The van der Waals surface area contributed by atoms with Crippen LogP contribution in [0.5, 0.6) is 0 Å². The molecule has 25 heavy (non-hydrogen) atoms. The van der Waals surface area contributed by atoms with Gasteiger partial charge >= 0.3 is 5.97 Å². The van der Waals surface area contributed by atoms with Gasteiger partial charge in [-0.15, -0.1) is 0 Å². The lowest BCUT2D eigenvalue weighted by molar-refractivity contribution is -0.159. The van der Waals surface area contributed by atoms with E-state index in [1.54, 1.807) is 4.90 Å². The largest absolute Gasteiger partial charge is 0.481 e. The number of ether oxygens (including phenoxy) is 1. The minimum atomic E-state index is -0.938. The van der Waals surface area contributed by atoms with E-state index >= 15 is 0 Å². The Balaban J connectivity index is 1.56. The summed E-state index contributed by atoms with van der Waals surface area (Å²) in [5, 5.41) is 10.8. The summed E-state index contributed by atoms with van der Waals surface area (Å²) in [5.41, 5.74) is 1.14. The van der Waals surface area contributed by atoms with Gasteiger partial charge < -0.3 is 19.3 Å². The van der Waals surface area contributed by atoms with Crippen LogP contribution in [0.1, 0.15) is 12.0 Å². The summed E-state index contributed by atoms with van der Waals surface area (Å²) in [7, 11) is 1.97. The predicted molar refractivity (Wildman–Crippen MR) is 92.2 cm³/mol. The lowest BCUT2D eigenvalue weighted by Gasteiger charge is -2.33. The minimum absolute atomic E-state index is 0.00798. The normalized spacial score (nSPS) is 26.0. The van der Waals surface area contributed by atoms with Gasteiger partial charge in [0, 0.05) is 43.8 Å². The van der Waals surface area contributed by atoms with Crippen molar-refractivity contribution in [3.8, 4) is 0 Å². The number of para-hydroxylation sites is 1. The van der Waals surface area contributed by atoms with E-state index in [2.05, 4.69) is 0 Å². The highest BCUT2D eigenvalue weighted by molar-refractivity contribution is 5.90. The van der Waals surface area contributed by atoms with E-state index in [4.69, 9.17) is 4.74 Å². The number of aromatic nitrogens is 1. The molecule has 1 aromatic carbocycles. The zero-order valence-electron chi connectivity index (χ0n) is 14.3. The second-order valence-electron chi connectivity index (χ2n) is 7.23. The highest BCUT2D eigenvalue weighted by atomic mass is 16.5. The SMILES string of the molecule is Cn1cc(CC(=O)N2C[C@@H]3CCOC[C@]3(C(=O)O)C2)c2ccccc21. The summed E-state index contributed by atoms with van der Waals surface area (Å²) >= 11 is 0. The number of likely N-dealkylation sites (tertiary alicyclic amines) is 1. The van der Waals surface area contributed by atoms with Gasteiger partial charge in [0.1, 0.15) is 5.41 Å². The Bertz CT molecular complexity index is 843. The number of amides is 1. The summed E-state index contributed by atoms with van der Waals surface area (Å²) in [6.07, 6.45) is 2.98. The number of carbonyl (C=O) groups is 2. The quantitative estimate of drug-likeness (QED) is 0.921. The molecule has 0 bridgehead atoms. The zero-order valence-corrected chi connectivity index (χ0v) is 14.3. The van der Waals surface area contributed by atoms with Crippen molar-refractivity contribution in [2.75, 3.05) is 26.3 Å². The van der Waals surface area contributed by atoms with Crippen LogP contribution in [0.3, 0.4) is 0 Å². The van der Waals surface area contributed by atoms with Gasteiger partial charge in [0.2, 0.25) is 5.91 Å². The van der Waals surface area contributed by atoms with Gasteiger partial charge in [-0.2, -0.15) is 0 Å². The molecule has 0 aliphatic carbocycles. The topological polar surface area (TPSA) is 71.8 Å². The number of hydrogen-bond donors (Lipinski definition) is 1. The van der Waals surface area contributed by atoms with Gasteiger partial charge in [-0.3, -0.25) is 9.59 Å². The van der Waals surface area contributed by atoms with E-state index in [0.29, 0.717) is 26.0 Å². The van der Waals surface area contributed by atoms with E-state index < -0.39 is 11.4 Å². The van der Waals surface area contributed by atoms with E-state index in [9.17, 15) is 14.7 Å². The van der Waals surface area contributed by atoms with E-state index in [-0.39, 0.29) is 25.0 Å². The standard InChI is InChI=1S/C19H22N2O4/c1-20-9-13(15-4-2-3-5-16(15)20)8-17(22)21-10-14-6-7-25-12-19(14,11-21)18(23)24/h2-5,9,14H,6-8,10-12H2,1H3,(H,23,24)/t14-,19+/m0/s1. The molecule has 1 N–H and O–H groups in total. The average Bonchev–Trinajstić information content (AvgIpc) is 3.15. The first-order chi connectivity index (χ1) is 12.0. The molecule has 0 saturated carbocycles. The third-order valence-electron chi connectivity index (χ3n) is 5.77. The molecular formula is C19H22N2O4. The van der Waals surface area contributed by atoms with Crippen LogP contribution in [0.15, 0.2) is 30.5 Å². The van der Waals surface area contributed by atoms with Crippen LogP contribution < -0.4 is 0 Å². The van der Waals surface area contributed by atoms with Crippen LogP contribution in [0.2, 0.25) is 0 Å². The Morgan fingerprint density at radius 3 is 2.92 bits per heavy atom. The van der Waals surface area contributed by atoms with Crippen molar-refractivity contribution in [2.24, 2.45) is 18.4 Å². The Labute approximate surface area is 146 Å². The molecule has 1 aromatic heterocycles. The van der Waals surface area contributed by atoms with Crippen LogP contribution in [0.4, 0.5) is 0 Å². The van der Waals surface area contributed by atoms with Crippen molar-refractivity contribution in [2.45, 2.75) is 12.8 Å². The monoisotopic (exact) mass is 342 g/mol. The highest BCUT2D eigenvalue weighted by Gasteiger charge is 2.55. The first-order valence-corrected chi connectivity index (χ1v) is 8.63. The Morgan fingerprint density at radius 2 is 2.16 bits per heavy atom. The van der Waals surface area contributed by atoms with Crippen molar-refractivity contribution in [1.82, 2.24) is 9.47 Å². The van der Waals surface area contributed by atoms with Crippen molar-refractivity contribution in [1.29, 1.82) is 0 Å². The van der Waals surface area contributed by atoms with Crippen molar-refractivity contribution >= 4 is 22.8 Å². The van der Waals surface area contributed by atoms with Crippen molar-refractivity contribution < 1.29 is 19.4 Å². The van der Waals surface area contributed by atoms with Crippen LogP contribution in [0, 0.1) is 11.3 Å². The smallest absolute Gasteiger partial charge is 0.314 e. The van der Waals surface area contributed by atoms with Gasteiger partial charge in [-0.1, -0.05) is 18.2 Å². The van der Waals surface area contributed by atoms with Crippen molar-refractivity contribution in [3.05, 3.63) is 36.0 Å². The van der Waals surface area contributed by atoms with Gasteiger partial charge in [0.15, 0.2) is 0 Å². The molecular weight excluding hydrogens is 320 g/mol. The number of rotatable bonds is 3. The Morgan fingerprint density at radius 1 is 1.36 bits per heavy atom. The van der Waals surface area contributed by atoms with E-state index in [1.807, 2.05) is 42.1 Å². The van der Waals surface area contributed by atoms with Crippen LogP contribution >= 0.6 is 0 Å². The number of hydrogen-bond acceptors (Lipinski definition) is 3. The number of aliphatic carboxylic acids is 1. The molecule has 132 valence electrons. The number of carbonyl (C=O) groups excluding carboxylic acids is 1. The fraction of sp³-hybridized carbons (Fsp3) is 0.474. The predicted octanol–water partition coefficient (Wildman–Crippen LogP) is 1.67. The molecule has 0 unspecified atom stereocenters. The average molecular weight is 342 g/mol. The Hall–Kier alpha value is -2.34. The number of nitrogens with zero attached hydrogens (tertiary/aromatic N) is 2. The molecule has 2 aliphatic heterocycles. The summed E-state index contributed by atoms with van der Waals surface area (Å²) in [4.78, 5) is 26.4. The second kappa shape index (κ2) is 5.88. The lowest BCUT2D eigenvalue weighted by Crippen LogP contribution is -2.46. The van der Waals surface area contributed by atoms with Gasteiger partial charge in [-0.05, 0) is 24.0 Å². The summed E-state index contributed by atoms with van der Waals surface area (Å²) in [5.74, 6) is -0.876. The lowest BCUT2D eigenvalue weighted by atomic mass is 9.76. The molecule has 2 atom stereocenters. The molecule has 0 radical (unpaired) electrons. The van der Waals surface area contributed by atoms with Gasteiger partial charge in [0.05, 0.1) is 13.0 Å². The molecule has 1 amide bonds. The van der Waals surface area contributed by atoms with Gasteiger partial charge in [0.25, 0.3) is 0 Å². The second-order valence-corrected chi connectivity index (χ2v) is 7.23. The molecule has 0 spiro atoms. The summed E-state index contributed by atoms with van der Waals surface area (Å²) in [6, 6.07) is 8.01. The molecule has 6 heteroatoms. The van der Waals surface area contributed by atoms with Gasteiger partial charge in [-0.25, -0.2) is 0 Å². The maximum atomic E-state index is 12.9. The first-order valence-electron chi connectivity index (χ1n) is 8.63. The summed E-state index contributed by atoms with van der Waals surface area (Å²) < 4.78 is 7.46. The number of carboxylic acid groups (broad SMARTS) is 1. The van der Waals surface area contributed by atoms with Crippen LogP contribution in [-0.4, -0.2) is 52.8 Å². The Kier molecular flexibility index (Phi) is 3.80. The maximum Gasteiger partial charge on any atom is 0.314 e. The fourth-order valence-electron chi connectivity index (χ4n) is 4.32. The molecule has 2 fully saturated rings. The summed E-state index contributed by atoms with van der Waals surface area (Å²) in [6.45, 7) is 1.53. The number of carboxylic acids is 1. The first kappa shape index (κ1) is 16.1. The zero-order chi connectivity index (χ0) is 17.6. The molecule has 2 aromatic rings. The number of benzene rings is 1. The van der Waals surface area contributed by atoms with Crippen LogP contribution in [-0.2, 0) is 27.8 Å². The third kappa shape index (κ3) is 2.52. The highest BCUT2D eigenvalue weighted by Crippen LogP contribution is 2.41. The minimum Gasteiger partial charge on any atom is -0.481 e. The third-order valence-corrected chi connectivity index (χ3v) is 5.77. The van der Waals surface area contributed by atoms with E-state index in [1.165, 1.54) is 0 Å². The molecule has 4 rings (SSSR count). The molecule has 6 nitrogen and oxygen atoms in total. The van der Waals surface area contributed by atoms with Crippen LogP contribution in [0.25, 0.3) is 10.9 Å². The van der Waals surface area contributed by atoms with E-state index in [0.717, 1.165) is 16.5 Å². The number of aryl methyl sites for hydroxylation is 1. The molecule has 2 saturated heterocycles. The maximum absolute atomic E-state index is 12.9. The van der Waals surface area contributed by atoms with Crippen molar-refractivity contribution in [3.63, 3.8) is 0 Å². The number of fused-ring (bicyclic) bond motifs is 2. The fourth-order valence-corrected chi connectivity index (χ4v) is 4.32. The molecule has 3 heterocycles. The molecule has 2 aliphatic rings.